The fraction of sp³-hybridized carbons (Fsp3) is 0.206. The molecule has 0 saturated heterocycles. The van der Waals surface area contributed by atoms with E-state index in [1.807, 2.05) is 48.5 Å². The first-order chi connectivity index (χ1) is 17.4. The van der Waals surface area contributed by atoms with Gasteiger partial charge in [0, 0.05) is 22.1 Å². The van der Waals surface area contributed by atoms with Crippen molar-refractivity contribution in [2.24, 2.45) is 10.8 Å². The molecule has 4 aromatic rings. The maximum Gasteiger partial charge on any atom is 0.178 e. The summed E-state index contributed by atoms with van der Waals surface area (Å²) >= 11 is 0. The van der Waals surface area contributed by atoms with E-state index >= 15 is 4.79 Å². The Morgan fingerprint density at radius 2 is 1.31 bits per heavy atom. The van der Waals surface area contributed by atoms with Crippen LogP contribution >= 0.6 is 0 Å². The molecule has 1 unspecified atom stereocenters. The van der Waals surface area contributed by atoms with Gasteiger partial charge in [-0.05, 0) is 27.7 Å². The highest BCUT2D eigenvalue weighted by Gasteiger charge is 2.79. The molecule has 0 N–H and O–H groups in total. The van der Waals surface area contributed by atoms with Crippen molar-refractivity contribution in [2.75, 3.05) is 0 Å². The smallest absolute Gasteiger partial charge is 0.178 e. The Kier molecular flexibility index (Phi) is 4.20. The van der Waals surface area contributed by atoms with E-state index in [1.54, 1.807) is 0 Å². The largest absolute Gasteiger partial charge is 0.483 e. The van der Waals surface area contributed by atoms with Crippen LogP contribution in [-0.4, -0.2) is 5.78 Å². The molecule has 0 radical (unpaired) electrons. The van der Waals surface area contributed by atoms with Gasteiger partial charge in [-0.3, -0.25) is 4.79 Å². The first-order valence-electron chi connectivity index (χ1n) is 12.7. The van der Waals surface area contributed by atoms with Gasteiger partial charge in [0.25, 0.3) is 0 Å². The monoisotopic (exact) mass is 468 g/mol. The minimum Gasteiger partial charge on any atom is -0.483 e. The van der Waals surface area contributed by atoms with Crippen LogP contribution in [0.4, 0.5) is 0 Å². The van der Waals surface area contributed by atoms with E-state index in [0.29, 0.717) is 0 Å². The predicted molar refractivity (Wildman–Crippen MR) is 143 cm³/mol. The summed E-state index contributed by atoms with van der Waals surface area (Å²) in [5.41, 5.74) is 5.69. The second-order valence-electron chi connectivity index (χ2n) is 11.2. The number of ether oxygens (including phenoxy) is 1. The van der Waals surface area contributed by atoms with Crippen molar-refractivity contribution in [3.05, 3.63) is 143 Å². The minimum absolute atomic E-state index is 0.136. The molecule has 7 rings (SSSR count). The van der Waals surface area contributed by atoms with Gasteiger partial charge in [-0.1, -0.05) is 130 Å². The number of fused-ring (bicyclic) bond motifs is 6. The van der Waals surface area contributed by atoms with E-state index < -0.39 is 16.9 Å². The van der Waals surface area contributed by atoms with E-state index in [1.165, 1.54) is 11.1 Å². The molecule has 2 aliphatic carbocycles. The van der Waals surface area contributed by atoms with E-state index in [2.05, 4.69) is 81.4 Å². The van der Waals surface area contributed by atoms with Gasteiger partial charge in [0.15, 0.2) is 5.78 Å². The summed E-state index contributed by atoms with van der Waals surface area (Å²) in [6.45, 7) is 6.85. The van der Waals surface area contributed by atoms with Crippen LogP contribution in [0.5, 0.6) is 0 Å². The van der Waals surface area contributed by atoms with Gasteiger partial charge in [0.2, 0.25) is 0 Å². The summed E-state index contributed by atoms with van der Waals surface area (Å²) in [6.07, 6.45) is -0.404. The molecule has 0 saturated carbocycles. The SMILES string of the molecule is CC(C)(C)[C@@]12c3ccccc3C3=C(c4ccccc4)OC(c4ccccc41)[C@]32C(=O)c1ccccc1. The number of hydrogen-bond donors (Lipinski definition) is 0. The van der Waals surface area contributed by atoms with Crippen molar-refractivity contribution in [1.82, 2.24) is 0 Å². The third-order valence-corrected chi connectivity index (χ3v) is 8.64. The average Bonchev–Trinajstić information content (AvgIpc) is 3.49. The number of Topliss-reactive ketones (excluding diaryl/α,β-unsaturated/α-hetero) is 1. The Bertz CT molecular complexity index is 1560. The van der Waals surface area contributed by atoms with Crippen molar-refractivity contribution in [2.45, 2.75) is 32.3 Å². The van der Waals surface area contributed by atoms with Gasteiger partial charge in [0.05, 0.1) is 0 Å². The highest BCUT2D eigenvalue weighted by molar-refractivity contribution is 6.19. The Morgan fingerprint density at radius 3 is 2.00 bits per heavy atom. The van der Waals surface area contributed by atoms with E-state index in [-0.39, 0.29) is 11.2 Å². The molecule has 0 fully saturated rings. The van der Waals surface area contributed by atoms with Crippen LogP contribution < -0.4 is 0 Å². The molecule has 2 heteroatoms. The summed E-state index contributed by atoms with van der Waals surface area (Å²) in [6, 6.07) is 37.3. The zero-order valence-corrected chi connectivity index (χ0v) is 20.8. The zero-order valence-electron chi connectivity index (χ0n) is 20.8. The maximum absolute atomic E-state index is 15.2. The lowest BCUT2D eigenvalue weighted by Gasteiger charge is -2.50. The summed E-state index contributed by atoms with van der Waals surface area (Å²) < 4.78 is 7.01. The molecule has 1 aliphatic heterocycles. The molecular formula is C34H28O2. The van der Waals surface area contributed by atoms with E-state index in [4.69, 9.17) is 4.74 Å². The van der Waals surface area contributed by atoms with E-state index in [0.717, 1.165) is 33.6 Å². The van der Waals surface area contributed by atoms with Gasteiger partial charge in [-0.25, -0.2) is 0 Å². The second-order valence-corrected chi connectivity index (χ2v) is 11.2. The first kappa shape index (κ1) is 21.4. The molecule has 0 spiro atoms. The van der Waals surface area contributed by atoms with Crippen LogP contribution in [0.3, 0.4) is 0 Å². The maximum atomic E-state index is 15.2. The van der Waals surface area contributed by atoms with Gasteiger partial charge < -0.3 is 4.74 Å². The van der Waals surface area contributed by atoms with Crippen LogP contribution in [0.1, 0.15) is 65.1 Å². The summed E-state index contributed by atoms with van der Waals surface area (Å²) in [5, 5.41) is 0. The average molecular weight is 469 g/mol. The highest BCUT2D eigenvalue weighted by Crippen LogP contribution is 2.81. The van der Waals surface area contributed by atoms with Crippen LogP contribution in [0, 0.1) is 10.8 Å². The van der Waals surface area contributed by atoms with Crippen molar-refractivity contribution in [1.29, 1.82) is 0 Å². The van der Waals surface area contributed by atoms with Crippen LogP contribution in [0.2, 0.25) is 0 Å². The Labute approximate surface area is 212 Å². The fourth-order valence-electron chi connectivity index (χ4n) is 7.68. The molecule has 3 aliphatic rings. The molecule has 36 heavy (non-hydrogen) atoms. The third kappa shape index (κ3) is 2.26. The summed E-state index contributed by atoms with van der Waals surface area (Å²) in [5.74, 6) is 0.967. The molecule has 176 valence electrons. The third-order valence-electron chi connectivity index (χ3n) is 8.64. The van der Waals surface area contributed by atoms with Crippen LogP contribution in [-0.2, 0) is 10.2 Å². The van der Waals surface area contributed by atoms with Crippen molar-refractivity contribution >= 4 is 17.1 Å². The molecule has 0 aromatic heterocycles. The van der Waals surface area contributed by atoms with E-state index in [9.17, 15) is 0 Å². The zero-order chi connectivity index (χ0) is 24.7. The first-order valence-corrected chi connectivity index (χ1v) is 12.7. The summed E-state index contributed by atoms with van der Waals surface area (Å²) in [4.78, 5) is 15.2. The van der Waals surface area contributed by atoms with Gasteiger partial charge in [-0.15, -0.1) is 0 Å². The number of carbonyl (C=O) groups excluding carboxylic acids is 1. The number of carbonyl (C=O) groups is 1. The lowest BCUT2D eigenvalue weighted by atomic mass is 9.49. The Hall–Kier alpha value is -3.91. The molecule has 3 atom stereocenters. The predicted octanol–water partition coefficient (Wildman–Crippen LogP) is 7.85. The van der Waals surface area contributed by atoms with Gasteiger partial charge in [-0.2, -0.15) is 0 Å². The standard InChI is InChI=1S/C34H28O2/c1-32(2,3)34-26-20-12-10-18-24(26)28-29(22-14-6-4-7-15-22)36-31(25-19-11-13-21-27(25)34)33(28,34)30(35)23-16-8-5-9-17-23/h4-21,31H,1-3H3/t31?,33-,34-/m1/s1. The Balaban J connectivity index is 1.71. The van der Waals surface area contributed by atoms with Crippen molar-refractivity contribution < 1.29 is 9.53 Å². The second kappa shape index (κ2) is 7.07. The highest BCUT2D eigenvalue weighted by atomic mass is 16.5. The Morgan fingerprint density at radius 1 is 0.722 bits per heavy atom. The molecular weight excluding hydrogens is 440 g/mol. The lowest BCUT2D eigenvalue weighted by Crippen LogP contribution is -2.54. The molecule has 0 bridgehead atoms. The normalized spacial score (nSPS) is 25.2. The van der Waals surface area contributed by atoms with Crippen LogP contribution in [0.25, 0.3) is 11.3 Å². The molecule has 0 amide bonds. The lowest BCUT2D eigenvalue weighted by molar-refractivity contribution is 0.0246. The van der Waals surface area contributed by atoms with Gasteiger partial charge >= 0.3 is 0 Å². The minimum atomic E-state index is -0.912. The summed E-state index contributed by atoms with van der Waals surface area (Å²) in [7, 11) is 0. The topological polar surface area (TPSA) is 26.3 Å². The molecule has 4 aromatic carbocycles. The number of benzene rings is 4. The molecule has 2 nitrogen and oxygen atoms in total. The quantitative estimate of drug-likeness (QED) is 0.286. The van der Waals surface area contributed by atoms with Crippen LogP contribution in [0.15, 0.2) is 109 Å². The molecule has 1 heterocycles. The fourth-order valence-corrected chi connectivity index (χ4v) is 7.68. The number of hydrogen-bond acceptors (Lipinski definition) is 2. The van der Waals surface area contributed by atoms with Crippen molar-refractivity contribution in [3.63, 3.8) is 0 Å². The van der Waals surface area contributed by atoms with Crippen molar-refractivity contribution in [3.8, 4) is 0 Å². The number of ketones is 1. The van der Waals surface area contributed by atoms with Gasteiger partial charge in [0.1, 0.15) is 17.3 Å². The number of rotatable bonds is 3.